The Bertz CT molecular complexity index is 1120. The number of ether oxygens (including phenoxy) is 1. The van der Waals surface area contributed by atoms with E-state index in [-0.39, 0.29) is 11.5 Å². The quantitative estimate of drug-likeness (QED) is 0.204. The number of rotatable bonds is 6. The van der Waals surface area contributed by atoms with Crippen LogP contribution >= 0.6 is 0 Å². The highest BCUT2D eigenvalue weighted by molar-refractivity contribution is 7.93. The molecule has 3 N–H and O–H groups in total. The molecule has 1 atom stereocenters. The standard InChI is InChI=1S/C21H21N3O7S/c1-31-21(12-32(29,30)13-21)18(20(27)23-28)22-19(26)17-8-6-15(7-9-17)4-2-3-5-16-10-24(11-16)14-25/h6-9,14,16,18,28H,10-13H2,1H3,(H,22,26)(H,23,27). The van der Waals surface area contributed by atoms with Crippen LogP contribution in [0.4, 0.5) is 0 Å². The van der Waals surface area contributed by atoms with E-state index in [1.54, 1.807) is 17.0 Å². The molecular weight excluding hydrogens is 438 g/mol. The van der Waals surface area contributed by atoms with Crippen LogP contribution < -0.4 is 10.8 Å². The van der Waals surface area contributed by atoms with E-state index in [1.807, 2.05) is 0 Å². The first-order valence-corrected chi connectivity index (χ1v) is 11.4. The SMILES string of the molecule is COC1(C(NC(=O)c2ccc(C#CC#CC3CN(C=O)C3)cc2)C(=O)NO)CS(=O)(=O)C1. The molecule has 0 bridgehead atoms. The highest BCUT2D eigenvalue weighted by Crippen LogP contribution is 2.31. The molecule has 168 valence electrons. The molecule has 0 aromatic heterocycles. The predicted molar refractivity (Wildman–Crippen MR) is 112 cm³/mol. The van der Waals surface area contributed by atoms with Crippen LogP contribution in [0.3, 0.4) is 0 Å². The largest absolute Gasteiger partial charge is 0.373 e. The first kappa shape index (κ1) is 23.3. The average molecular weight is 459 g/mol. The van der Waals surface area contributed by atoms with E-state index in [9.17, 15) is 22.8 Å². The number of hydroxylamine groups is 1. The fraction of sp³-hybridized carbons (Fsp3) is 0.381. The topological polar surface area (TPSA) is 142 Å². The van der Waals surface area contributed by atoms with Gasteiger partial charge in [0.15, 0.2) is 9.84 Å². The van der Waals surface area contributed by atoms with Gasteiger partial charge in [0.2, 0.25) is 6.41 Å². The third-order valence-electron chi connectivity index (χ3n) is 5.26. The molecule has 3 amide bonds. The summed E-state index contributed by atoms with van der Waals surface area (Å²) in [5.74, 6) is 8.83. The molecule has 1 aromatic carbocycles. The van der Waals surface area contributed by atoms with Crippen molar-refractivity contribution in [1.29, 1.82) is 0 Å². The van der Waals surface area contributed by atoms with Gasteiger partial charge in [-0.05, 0) is 36.1 Å². The van der Waals surface area contributed by atoms with E-state index in [0.717, 1.165) is 6.41 Å². The normalized spacial score (nSPS) is 18.9. The van der Waals surface area contributed by atoms with Gasteiger partial charge in [0, 0.05) is 31.3 Å². The number of carbonyl (C=O) groups is 3. The predicted octanol–water partition coefficient (Wildman–Crippen LogP) is -1.45. The Morgan fingerprint density at radius 1 is 1.25 bits per heavy atom. The van der Waals surface area contributed by atoms with Gasteiger partial charge in [0.05, 0.1) is 17.4 Å². The number of nitrogens with zero attached hydrogens (tertiary/aromatic N) is 1. The van der Waals surface area contributed by atoms with Crippen molar-refractivity contribution in [3.63, 3.8) is 0 Å². The molecule has 3 rings (SSSR count). The van der Waals surface area contributed by atoms with Gasteiger partial charge in [-0.3, -0.25) is 19.6 Å². The molecule has 10 nitrogen and oxygen atoms in total. The minimum Gasteiger partial charge on any atom is -0.373 e. The molecule has 2 saturated heterocycles. The number of carbonyl (C=O) groups excluding carboxylic acids is 3. The van der Waals surface area contributed by atoms with Gasteiger partial charge >= 0.3 is 0 Å². The highest BCUT2D eigenvalue weighted by Gasteiger charge is 2.57. The summed E-state index contributed by atoms with van der Waals surface area (Å²) in [5, 5.41) is 11.4. The van der Waals surface area contributed by atoms with Crippen molar-refractivity contribution in [3.8, 4) is 23.7 Å². The van der Waals surface area contributed by atoms with E-state index < -0.39 is 44.8 Å². The first-order valence-electron chi connectivity index (χ1n) is 9.53. The Balaban J connectivity index is 1.65. The number of hydrogen-bond donors (Lipinski definition) is 3. The third-order valence-corrected chi connectivity index (χ3v) is 7.12. The smallest absolute Gasteiger partial charge is 0.268 e. The summed E-state index contributed by atoms with van der Waals surface area (Å²) in [4.78, 5) is 36.8. The van der Waals surface area contributed by atoms with Crippen molar-refractivity contribution in [2.75, 3.05) is 31.7 Å². The third kappa shape index (κ3) is 5.08. The van der Waals surface area contributed by atoms with E-state index in [2.05, 4.69) is 29.0 Å². The Morgan fingerprint density at radius 2 is 1.91 bits per heavy atom. The fourth-order valence-electron chi connectivity index (χ4n) is 3.46. The summed E-state index contributed by atoms with van der Waals surface area (Å²) in [5.41, 5.74) is 0.790. The van der Waals surface area contributed by atoms with Gasteiger partial charge in [0.1, 0.15) is 11.6 Å². The van der Waals surface area contributed by atoms with Crippen LogP contribution in [0.5, 0.6) is 0 Å². The summed E-state index contributed by atoms with van der Waals surface area (Å²) in [6.45, 7) is 1.21. The van der Waals surface area contributed by atoms with Gasteiger partial charge in [-0.2, -0.15) is 0 Å². The zero-order chi connectivity index (χ0) is 23.4. The fourth-order valence-corrected chi connectivity index (χ4v) is 5.43. The van der Waals surface area contributed by atoms with Gasteiger partial charge in [-0.25, -0.2) is 13.9 Å². The van der Waals surface area contributed by atoms with Crippen LogP contribution in [0.1, 0.15) is 15.9 Å². The van der Waals surface area contributed by atoms with E-state index in [4.69, 9.17) is 9.94 Å². The number of benzene rings is 1. The average Bonchev–Trinajstić information content (AvgIpc) is 2.73. The van der Waals surface area contributed by atoms with Crippen LogP contribution in [0.15, 0.2) is 24.3 Å². The Kier molecular flexibility index (Phi) is 6.84. The molecule has 11 heteroatoms. The van der Waals surface area contributed by atoms with Crippen molar-refractivity contribution in [3.05, 3.63) is 35.4 Å². The van der Waals surface area contributed by atoms with Crippen LogP contribution in [0.2, 0.25) is 0 Å². The molecule has 0 radical (unpaired) electrons. The van der Waals surface area contributed by atoms with Crippen molar-refractivity contribution < 1.29 is 32.7 Å². The van der Waals surface area contributed by atoms with E-state index in [1.165, 1.54) is 24.7 Å². The number of likely N-dealkylation sites (tertiary alicyclic amines) is 1. The maximum absolute atomic E-state index is 12.6. The van der Waals surface area contributed by atoms with Crippen molar-refractivity contribution in [2.45, 2.75) is 11.6 Å². The van der Waals surface area contributed by atoms with E-state index >= 15 is 0 Å². The van der Waals surface area contributed by atoms with Crippen LogP contribution in [0, 0.1) is 29.6 Å². The highest BCUT2D eigenvalue weighted by atomic mass is 32.2. The lowest BCUT2D eigenvalue weighted by atomic mass is 9.95. The molecule has 2 heterocycles. The Hall–Kier alpha value is -3.38. The molecule has 32 heavy (non-hydrogen) atoms. The summed E-state index contributed by atoms with van der Waals surface area (Å²) >= 11 is 0. The number of hydrogen-bond acceptors (Lipinski definition) is 7. The van der Waals surface area contributed by atoms with E-state index in [0.29, 0.717) is 18.7 Å². The lowest BCUT2D eigenvalue weighted by molar-refractivity contribution is -0.138. The molecule has 1 unspecified atom stereocenters. The molecule has 2 aliphatic rings. The zero-order valence-corrected chi connectivity index (χ0v) is 17.9. The molecule has 0 saturated carbocycles. The summed E-state index contributed by atoms with van der Waals surface area (Å²) in [6.07, 6.45) is 0.781. The minimum atomic E-state index is -3.39. The molecule has 0 spiro atoms. The Labute approximate surface area is 185 Å². The van der Waals surface area contributed by atoms with Crippen molar-refractivity contribution in [1.82, 2.24) is 15.7 Å². The zero-order valence-electron chi connectivity index (χ0n) is 17.1. The van der Waals surface area contributed by atoms with Crippen LogP contribution in [-0.2, 0) is 24.2 Å². The molecule has 1 aromatic rings. The van der Waals surface area contributed by atoms with Gasteiger partial charge in [-0.15, -0.1) is 0 Å². The number of amides is 3. The van der Waals surface area contributed by atoms with Gasteiger partial charge in [0.25, 0.3) is 11.8 Å². The van der Waals surface area contributed by atoms with Crippen LogP contribution in [-0.4, -0.2) is 80.1 Å². The maximum atomic E-state index is 12.6. The summed E-state index contributed by atoms with van der Waals surface area (Å²) < 4.78 is 28.5. The number of sulfone groups is 1. The Morgan fingerprint density at radius 3 is 2.44 bits per heavy atom. The number of nitrogens with one attached hydrogen (secondary N) is 2. The van der Waals surface area contributed by atoms with Gasteiger partial charge in [-0.1, -0.05) is 11.8 Å². The second-order valence-electron chi connectivity index (χ2n) is 7.54. The maximum Gasteiger partial charge on any atom is 0.268 e. The summed E-state index contributed by atoms with van der Waals surface area (Å²) in [7, 11) is -2.16. The monoisotopic (exact) mass is 459 g/mol. The summed E-state index contributed by atoms with van der Waals surface area (Å²) in [6, 6.07) is 4.77. The minimum absolute atomic E-state index is 0.130. The van der Waals surface area contributed by atoms with Gasteiger partial charge < -0.3 is 15.0 Å². The number of methoxy groups -OCH3 is 1. The molecular formula is C21H21N3O7S. The molecule has 0 aliphatic carbocycles. The van der Waals surface area contributed by atoms with Crippen molar-refractivity contribution in [2.24, 2.45) is 5.92 Å². The second-order valence-corrected chi connectivity index (χ2v) is 9.60. The molecule has 2 aliphatic heterocycles. The lowest BCUT2D eigenvalue weighted by Crippen LogP contribution is -2.71. The molecule has 2 fully saturated rings. The second kappa shape index (κ2) is 9.40. The van der Waals surface area contributed by atoms with Crippen molar-refractivity contribution >= 4 is 28.1 Å². The first-order chi connectivity index (χ1) is 15.2. The van der Waals surface area contributed by atoms with Crippen LogP contribution in [0.25, 0.3) is 0 Å². The lowest BCUT2D eigenvalue weighted by Gasteiger charge is -2.44.